The highest BCUT2D eigenvalue weighted by Crippen LogP contribution is 2.18. The lowest BCUT2D eigenvalue weighted by molar-refractivity contribution is -0.0710. The lowest BCUT2D eigenvalue weighted by atomic mass is 10.1. The van der Waals surface area contributed by atoms with E-state index in [4.69, 9.17) is 5.73 Å². The van der Waals surface area contributed by atoms with Crippen LogP contribution < -0.4 is 5.73 Å². The van der Waals surface area contributed by atoms with Crippen molar-refractivity contribution in [1.29, 1.82) is 0 Å². The number of halogens is 1. The Balaban J connectivity index is 2.84. The summed E-state index contributed by atoms with van der Waals surface area (Å²) in [4.78, 5) is 10.6. The van der Waals surface area contributed by atoms with Crippen molar-refractivity contribution in [2.75, 3.05) is 0 Å². The number of primary amides is 1. The molecule has 0 saturated heterocycles. The molecular formula is C9H11FN2O2. The Hall–Kier alpha value is -1.62. The summed E-state index contributed by atoms with van der Waals surface area (Å²) in [6.07, 6.45) is 0. The van der Waals surface area contributed by atoms with Gasteiger partial charge in [0.2, 0.25) is 0 Å². The van der Waals surface area contributed by atoms with Crippen LogP contribution in [0.4, 0.5) is 9.18 Å². The molecule has 0 aromatic heterocycles. The van der Waals surface area contributed by atoms with Gasteiger partial charge in [-0.2, -0.15) is 5.06 Å². The van der Waals surface area contributed by atoms with Gasteiger partial charge in [-0.15, -0.1) is 0 Å². The molecule has 0 aliphatic rings. The summed E-state index contributed by atoms with van der Waals surface area (Å²) in [6.45, 7) is 1.58. The number of nitrogens with two attached hydrogens (primary N) is 1. The summed E-state index contributed by atoms with van der Waals surface area (Å²) in [7, 11) is 0. The Morgan fingerprint density at radius 2 is 2.00 bits per heavy atom. The zero-order valence-electron chi connectivity index (χ0n) is 7.64. The number of rotatable bonds is 2. The normalized spacial score (nSPS) is 12.2. The molecule has 1 rings (SSSR count). The number of amides is 2. The van der Waals surface area contributed by atoms with Crippen LogP contribution in [0.15, 0.2) is 24.3 Å². The molecule has 0 aliphatic carbocycles. The second kappa shape index (κ2) is 4.06. The first-order chi connectivity index (χ1) is 6.52. The van der Waals surface area contributed by atoms with Crippen LogP contribution in [0.2, 0.25) is 0 Å². The molecule has 0 heterocycles. The Labute approximate surface area is 80.7 Å². The highest BCUT2D eigenvalue weighted by molar-refractivity contribution is 5.71. The number of urea groups is 1. The van der Waals surface area contributed by atoms with Crippen LogP contribution in [0, 0.1) is 5.82 Å². The Morgan fingerprint density at radius 1 is 1.50 bits per heavy atom. The summed E-state index contributed by atoms with van der Waals surface area (Å²) in [5.41, 5.74) is 5.47. The third-order valence-corrected chi connectivity index (χ3v) is 1.95. The Bertz CT molecular complexity index is 326. The predicted octanol–water partition coefficient (Wildman–Crippen LogP) is 1.66. The number of nitrogens with zero attached hydrogens (tertiary/aromatic N) is 1. The van der Waals surface area contributed by atoms with Crippen LogP contribution in [0.5, 0.6) is 0 Å². The van der Waals surface area contributed by atoms with Gasteiger partial charge in [-0.05, 0) is 24.6 Å². The molecule has 0 saturated carbocycles. The van der Waals surface area contributed by atoms with E-state index in [1.165, 1.54) is 24.3 Å². The van der Waals surface area contributed by atoms with E-state index in [9.17, 15) is 14.4 Å². The highest BCUT2D eigenvalue weighted by Gasteiger charge is 2.16. The number of carbonyl (C=O) groups is 1. The first-order valence-corrected chi connectivity index (χ1v) is 4.05. The van der Waals surface area contributed by atoms with Crippen molar-refractivity contribution in [3.05, 3.63) is 35.6 Å². The standard InChI is InChI=1S/C9H11FN2O2/c1-6(12(14)9(11)13)7-2-4-8(10)5-3-7/h2-6,14H,1H3,(H2,11,13). The van der Waals surface area contributed by atoms with Crippen LogP contribution in [0.25, 0.3) is 0 Å². The quantitative estimate of drug-likeness (QED) is 0.560. The van der Waals surface area contributed by atoms with Gasteiger partial charge in [-0.25, -0.2) is 9.18 Å². The van der Waals surface area contributed by atoms with Gasteiger partial charge in [0.1, 0.15) is 5.82 Å². The van der Waals surface area contributed by atoms with Gasteiger partial charge < -0.3 is 5.73 Å². The maximum absolute atomic E-state index is 12.5. The zero-order valence-corrected chi connectivity index (χ0v) is 7.64. The molecule has 3 N–H and O–H groups in total. The molecule has 76 valence electrons. The van der Waals surface area contributed by atoms with E-state index < -0.39 is 12.1 Å². The minimum Gasteiger partial charge on any atom is -0.350 e. The van der Waals surface area contributed by atoms with Gasteiger partial charge in [0.25, 0.3) is 0 Å². The second-order valence-electron chi connectivity index (χ2n) is 2.91. The van der Waals surface area contributed by atoms with E-state index in [0.717, 1.165) is 0 Å². The number of hydrogen-bond donors (Lipinski definition) is 2. The first kappa shape index (κ1) is 10.5. The van der Waals surface area contributed by atoms with E-state index in [-0.39, 0.29) is 5.82 Å². The van der Waals surface area contributed by atoms with Gasteiger partial charge in [0, 0.05) is 0 Å². The van der Waals surface area contributed by atoms with Crippen molar-refractivity contribution < 1.29 is 14.4 Å². The topological polar surface area (TPSA) is 66.6 Å². The van der Waals surface area contributed by atoms with Crippen molar-refractivity contribution in [3.63, 3.8) is 0 Å². The van der Waals surface area contributed by atoms with E-state index in [2.05, 4.69) is 0 Å². The zero-order chi connectivity index (χ0) is 10.7. The van der Waals surface area contributed by atoms with E-state index in [0.29, 0.717) is 10.6 Å². The van der Waals surface area contributed by atoms with Crippen molar-refractivity contribution in [2.45, 2.75) is 13.0 Å². The molecule has 4 nitrogen and oxygen atoms in total. The molecule has 0 radical (unpaired) electrons. The summed E-state index contributed by atoms with van der Waals surface area (Å²) in [6, 6.07) is 3.93. The lowest BCUT2D eigenvalue weighted by Gasteiger charge is -2.20. The van der Waals surface area contributed by atoms with Crippen LogP contribution >= 0.6 is 0 Å². The van der Waals surface area contributed by atoms with Gasteiger partial charge in [0.05, 0.1) is 6.04 Å². The number of hydrogen-bond acceptors (Lipinski definition) is 2. The van der Waals surface area contributed by atoms with Crippen molar-refractivity contribution in [3.8, 4) is 0 Å². The summed E-state index contributed by atoms with van der Waals surface area (Å²) in [5, 5.41) is 9.58. The van der Waals surface area contributed by atoms with Gasteiger partial charge in [-0.1, -0.05) is 12.1 Å². The molecule has 0 aliphatic heterocycles. The van der Waals surface area contributed by atoms with Crippen molar-refractivity contribution in [1.82, 2.24) is 5.06 Å². The number of hydroxylamine groups is 2. The SMILES string of the molecule is CC(c1ccc(F)cc1)N(O)C(N)=O. The fourth-order valence-electron chi connectivity index (χ4n) is 1.07. The summed E-state index contributed by atoms with van der Waals surface area (Å²) >= 11 is 0. The van der Waals surface area contributed by atoms with Gasteiger partial charge in [-0.3, -0.25) is 5.21 Å². The van der Waals surface area contributed by atoms with Crippen LogP contribution in [-0.4, -0.2) is 16.3 Å². The molecule has 14 heavy (non-hydrogen) atoms. The van der Waals surface area contributed by atoms with E-state index >= 15 is 0 Å². The minimum atomic E-state index is -0.943. The largest absolute Gasteiger partial charge is 0.350 e. The van der Waals surface area contributed by atoms with E-state index in [1.807, 2.05) is 0 Å². The Kier molecular flexibility index (Phi) is 3.03. The monoisotopic (exact) mass is 198 g/mol. The summed E-state index contributed by atoms with van der Waals surface area (Å²) in [5.74, 6) is -0.371. The van der Waals surface area contributed by atoms with Crippen LogP contribution in [-0.2, 0) is 0 Å². The maximum atomic E-state index is 12.5. The molecule has 0 bridgehead atoms. The fraction of sp³-hybridized carbons (Fsp3) is 0.222. The third-order valence-electron chi connectivity index (χ3n) is 1.95. The third kappa shape index (κ3) is 2.20. The molecule has 5 heteroatoms. The fourth-order valence-corrected chi connectivity index (χ4v) is 1.07. The molecule has 1 aromatic carbocycles. The van der Waals surface area contributed by atoms with Crippen LogP contribution in [0.3, 0.4) is 0 Å². The number of carbonyl (C=O) groups excluding carboxylic acids is 1. The Morgan fingerprint density at radius 3 is 2.43 bits per heavy atom. The average Bonchev–Trinajstić information content (AvgIpc) is 2.16. The number of benzene rings is 1. The molecule has 1 aromatic rings. The smallest absolute Gasteiger partial charge is 0.339 e. The van der Waals surface area contributed by atoms with Crippen molar-refractivity contribution >= 4 is 6.03 Å². The predicted molar refractivity (Wildman–Crippen MR) is 48.0 cm³/mol. The van der Waals surface area contributed by atoms with Gasteiger partial charge >= 0.3 is 6.03 Å². The average molecular weight is 198 g/mol. The molecule has 2 amide bonds. The van der Waals surface area contributed by atoms with Gasteiger partial charge in [0.15, 0.2) is 0 Å². The van der Waals surface area contributed by atoms with Crippen LogP contribution in [0.1, 0.15) is 18.5 Å². The second-order valence-corrected chi connectivity index (χ2v) is 2.91. The summed E-state index contributed by atoms with van der Waals surface area (Å²) < 4.78 is 12.5. The van der Waals surface area contributed by atoms with E-state index in [1.54, 1.807) is 6.92 Å². The first-order valence-electron chi connectivity index (χ1n) is 4.05. The lowest BCUT2D eigenvalue weighted by Crippen LogP contribution is -2.34. The molecular weight excluding hydrogens is 187 g/mol. The molecule has 0 spiro atoms. The molecule has 1 unspecified atom stereocenters. The molecule has 0 fully saturated rings. The van der Waals surface area contributed by atoms with Crippen molar-refractivity contribution in [2.24, 2.45) is 5.73 Å². The maximum Gasteiger partial charge on any atom is 0.339 e. The minimum absolute atomic E-state index is 0.371. The molecule has 1 atom stereocenters. The highest BCUT2D eigenvalue weighted by atomic mass is 19.1.